The number of carbonyl (C=O) groups is 2. The van der Waals surface area contributed by atoms with Crippen LogP contribution in [-0.2, 0) is 9.59 Å². The van der Waals surface area contributed by atoms with Gasteiger partial charge in [-0.3, -0.25) is 14.5 Å². The van der Waals surface area contributed by atoms with E-state index in [1.807, 2.05) is 0 Å². The van der Waals surface area contributed by atoms with Crippen molar-refractivity contribution >= 4 is 17.4 Å². The maximum Gasteiger partial charge on any atom is 0.454 e. The summed E-state index contributed by atoms with van der Waals surface area (Å²) in [7, 11) is 0. The Morgan fingerprint density at radius 2 is 1.75 bits per heavy atom. The predicted octanol–water partition coefficient (Wildman–Crippen LogP) is 3.22. The number of amides is 1. The van der Waals surface area contributed by atoms with E-state index in [1.54, 1.807) is 30.3 Å². The summed E-state index contributed by atoms with van der Waals surface area (Å²) >= 11 is 0. The number of Topliss-reactive ketones (excluding diaryl/α,β-unsaturated/α-hetero) is 1. The van der Waals surface area contributed by atoms with Gasteiger partial charge in [-0.25, -0.2) is 0 Å². The molecule has 1 aromatic rings. The van der Waals surface area contributed by atoms with Gasteiger partial charge in [0.2, 0.25) is 5.91 Å². The summed E-state index contributed by atoms with van der Waals surface area (Å²) in [4.78, 5) is 24.5. The predicted molar refractivity (Wildman–Crippen MR) is 66.9 cm³/mol. The van der Waals surface area contributed by atoms with Gasteiger partial charge in [0.15, 0.2) is 0 Å². The molecule has 0 aromatic heterocycles. The van der Waals surface area contributed by atoms with Crippen molar-refractivity contribution in [2.24, 2.45) is 0 Å². The van der Waals surface area contributed by atoms with E-state index in [0.29, 0.717) is 5.69 Å². The molecule has 0 saturated heterocycles. The van der Waals surface area contributed by atoms with Crippen LogP contribution >= 0.6 is 0 Å². The normalized spacial score (nSPS) is 16.6. The Balaban J connectivity index is 2.47. The molecule has 0 aliphatic carbocycles. The average Bonchev–Trinajstić information content (AvgIpc) is 2.38. The molecule has 106 valence electrons. The molecule has 20 heavy (non-hydrogen) atoms. The minimum absolute atomic E-state index is 0.0507. The lowest BCUT2D eigenvalue weighted by atomic mass is 9.97. The number of allylic oxidation sites excluding steroid dienone is 2. The van der Waals surface area contributed by atoms with Crippen molar-refractivity contribution in [3.8, 4) is 0 Å². The van der Waals surface area contributed by atoms with E-state index >= 15 is 0 Å². The van der Waals surface area contributed by atoms with E-state index in [9.17, 15) is 22.8 Å². The standard InChI is InChI=1S/C14H12F3NO2/c1-9-11(13(20)14(15,16)17)7-8-12(19)18(9)10-5-3-2-4-6-10/h2-6H,7-8H2,1H3. The smallest absolute Gasteiger partial charge is 0.285 e. The first kappa shape index (κ1) is 14.3. The highest BCUT2D eigenvalue weighted by atomic mass is 19.4. The van der Waals surface area contributed by atoms with Crippen molar-refractivity contribution in [1.82, 2.24) is 0 Å². The fourth-order valence-corrected chi connectivity index (χ4v) is 2.21. The molecular formula is C14H12F3NO2. The van der Waals surface area contributed by atoms with Gasteiger partial charge in [-0.2, -0.15) is 13.2 Å². The van der Waals surface area contributed by atoms with Gasteiger partial charge < -0.3 is 0 Å². The van der Waals surface area contributed by atoms with Crippen LogP contribution in [0.25, 0.3) is 0 Å². The van der Waals surface area contributed by atoms with Crippen molar-refractivity contribution < 1.29 is 22.8 Å². The summed E-state index contributed by atoms with van der Waals surface area (Å²) in [5.74, 6) is -2.18. The molecule has 1 aromatic carbocycles. The fraction of sp³-hybridized carbons (Fsp3) is 0.286. The fourth-order valence-electron chi connectivity index (χ4n) is 2.21. The molecule has 0 atom stereocenters. The third-order valence-corrected chi connectivity index (χ3v) is 3.16. The summed E-state index contributed by atoms with van der Waals surface area (Å²) in [6.07, 6.45) is -5.20. The van der Waals surface area contributed by atoms with Gasteiger partial charge in [0, 0.05) is 23.4 Å². The second-order valence-corrected chi connectivity index (χ2v) is 4.46. The number of rotatable bonds is 2. The molecule has 6 heteroatoms. The number of carbonyl (C=O) groups excluding carboxylic acids is 2. The highest BCUT2D eigenvalue weighted by Gasteiger charge is 2.43. The first-order chi connectivity index (χ1) is 9.32. The number of hydrogen-bond donors (Lipinski definition) is 0. The summed E-state index contributed by atoms with van der Waals surface area (Å²) in [6.45, 7) is 1.36. The SMILES string of the molecule is CC1=C(C(=O)C(F)(F)F)CCC(=O)N1c1ccccc1. The van der Waals surface area contributed by atoms with E-state index in [2.05, 4.69) is 0 Å². The Kier molecular flexibility index (Phi) is 3.65. The highest BCUT2D eigenvalue weighted by Crippen LogP contribution is 2.32. The van der Waals surface area contributed by atoms with Crippen LogP contribution in [0.4, 0.5) is 18.9 Å². The minimum Gasteiger partial charge on any atom is -0.285 e. The Morgan fingerprint density at radius 1 is 1.15 bits per heavy atom. The third kappa shape index (κ3) is 2.59. The van der Waals surface area contributed by atoms with Gasteiger partial charge >= 0.3 is 6.18 Å². The van der Waals surface area contributed by atoms with Crippen molar-refractivity contribution in [1.29, 1.82) is 0 Å². The van der Waals surface area contributed by atoms with Crippen LogP contribution in [0.2, 0.25) is 0 Å². The largest absolute Gasteiger partial charge is 0.454 e. The van der Waals surface area contributed by atoms with E-state index in [0.717, 1.165) is 0 Å². The molecule has 3 nitrogen and oxygen atoms in total. The number of ketones is 1. The Morgan fingerprint density at radius 3 is 2.30 bits per heavy atom. The summed E-state index contributed by atoms with van der Waals surface area (Å²) < 4.78 is 37.6. The second kappa shape index (κ2) is 5.11. The van der Waals surface area contributed by atoms with Gasteiger partial charge in [0.1, 0.15) is 0 Å². The molecule has 1 heterocycles. The topological polar surface area (TPSA) is 37.4 Å². The molecule has 0 radical (unpaired) electrons. The van der Waals surface area contributed by atoms with Gasteiger partial charge in [-0.05, 0) is 25.5 Å². The third-order valence-electron chi connectivity index (χ3n) is 3.16. The maximum absolute atomic E-state index is 12.5. The first-order valence-corrected chi connectivity index (χ1v) is 6.01. The van der Waals surface area contributed by atoms with Crippen LogP contribution in [0.1, 0.15) is 19.8 Å². The quantitative estimate of drug-likeness (QED) is 0.835. The van der Waals surface area contributed by atoms with Crippen LogP contribution in [0, 0.1) is 0 Å². The molecule has 0 unspecified atom stereocenters. The molecule has 1 amide bonds. The van der Waals surface area contributed by atoms with Crippen molar-refractivity contribution in [3.63, 3.8) is 0 Å². The number of halogens is 3. The molecular weight excluding hydrogens is 271 g/mol. The monoisotopic (exact) mass is 283 g/mol. The van der Waals surface area contributed by atoms with E-state index < -0.39 is 12.0 Å². The van der Waals surface area contributed by atoms with Crippen LogP contribution < -0.4 is 4.90 Å². The van der Waals surface area contributed by atoms with Gasteiger partial charge in [-0.1, -0.05) is 18.2 Å². The van der Waals surface area contributed by atoms with Crippen LogP contribution in [0.3, 0.4) is 0 Å². The zero-order chi connectivity index (χ0) is 14.9. The first-order valence-electron chi connectivity index (χ1n) is 6.01. The number of alkyl halides is 3. The van der Waals surface area contributed by atoms with Crippen molar-refractivity contribution in [2.75, 3.05) is 4.90 Å². The number of anilines is 1. The van der Waals surface area contributed by atoms with Crippen molar-refractivity contribution in [3.05, 3.63) is 41.6 Å². The summed E-state index contributed by atoms with van der Waals surface area (Å²) in [5, 5.41) is 0. The van der Waals surface area contributed by atoms with Crippen LogP contribution in [0.5, 0.6) is 0 Å². The zero-order valence-corrected chi connectivity index (χ0v) is 10.7. The highest BCUT2D eigenvalue weighted by molar-refractivity contribution is 6.06. The van der Waals surface area contributed by atoms with E-state index in [1.165, 1.54) is 11.8 Å². The lowest BCUT2D eigenvalue weighted by Crippen LogP contribution is -2.37. The molecule has 0 N–H and O–H groups in total. The van der Waals surface area contributed by atoms with Crippen LogP contribution in [-0.4, -0.2) is 17.9 Å². The molecule has 0 saturated carbocycles. The number of nitrogens with zero attached hydrogens (tertiary/aromatic N) is 1. The average molecular weight is 283 g/mol. The van der Waals surface area contributed by atoms with Gasteiger partial charge in [0.05, 0.1) is 0 Å². The Bertz CT molecular complexity index is 576. The number of para-hydroxylation sites is 1. The Labute approximate surface area is 113 Å². The van der Waals surface area contributed by atoms with E-state index in [4.69, 9.17) is 0 Å². The second-order valence-electron chi connectivity index (χ2n) is 4.46. The van der Waals surface area contributed by atoms with Crippen molar-refractivity contribution in [2.45, 2.75) is 25.9 Å². The lowest BCUT2D eigenvalue weighted by molar-refractivity contribution is -0.166. The molecule has 0 spiro atoms. The summed E-state index contributed by atoms with van der Waals surface area (Å²) in [5.41, 5.74) is 0.165. The van der Waals surface area contributed by atoms with Gasteiger partial charge in [-0.15, -0.1) is 0 Å². The molecule has 0 fully saturated rings. The lowest BCUT2D eigenvalue weighted by Gasteiger charge is -2.30. The number of hydrogen-bond acceptors (Lipinski definition) is 2. The maximum atomic E-state index is 12.5. The molecule has 1 aliphatic heterocycles. The van der Waals surface area contributed by atoms with Gasteiger partial charge in [0.25, 0.3) is 5.78 Å². The molecule has 0 bridgehead atoms. The van der Waals surface area contributed by atoms with Crippen LogP contribution in [0.15, 0.2) is 41.6 Å². The molecule has 1 aliphatic rings. The molecule has 2 rings (SSSR count). The Hall–Kier alpha value is -2.11. The van der Waals surface area contributed by atoms with E-state index in [-0.39, 0.29) is 30.0 Å². The zero-order valence-electron chi connectivity index (χ0n) is 10.7. The summed E-state index contributed by atoms with van der Waals surface area (Å²) in [6, 6.07) is 8.31. The minimum atomic E-state index is -4.92. The number of benzene rings is 1.